The van der Waals surface area contributed by atoms with Gasteiger partial charge in [0.05, 0.1) is 11.0 Å². The lowest BCUT2D eigenvalue weighted by atomic mass is 10.1. The SMILES string of the molecule is c1cnc2c(c1)cc(SC1CCCCO1)c1cccnc12. The van der Waals surface area contributed by atoms with Gasteiger partial charge in [-0.2, -0.15) is 0 Å². The number of pyridine rings is 2. The second kappa shape index (κ2) is 5.62. The van der Waals surface area contributed by atoms with Gasteiger partial charge in [0.15, 0.2) is 0 Å². The molecule has 21 heavy (non-hydrogen) atoms. The molecule has 2 aromatic heterocycles. The van der Waals surface area contributed by atoms with Gasteiger partial charge in [0.2, 0.25) is 0 Å². The lowest BCUT2D eigenvalue weighted by molar-refractivity contribution is 0.0728. The average molecular weight is 296 g/mol. The number of hydrogen-bond acceptors (Lipinski definition) is 4. The molecule has 0 bridgehead atoms. The van der Waals surface area contributed by atoms with Crippen LogP contribution in [0.25, 0.3) is 21.8 Å². The molecule has 4 rings (SSSR count). The first kappa shape index (κ1) is 13.0. The lowest BCUT2D eigenvalue weighted by Crippen LogP contribution is -2.15. The van der Waals surface area contributed by atoms with Crippen LogP contribution in [0.1, 0.15) is 19.3 Å². The third-order valence-electron chi connectivity index (χ3n) is 3.82. The Morgan fingerprint density at radius 3 is 2.76 bits per heavy atom. The summed E-state index contributed by atoms with van der Waals surface area (Å²) < 4.78 is 5.87. The lowest BCUT2D eigenvalue weighted by Gasteiger charge is -2.22. The topological polar surface area (TPSA) is 35.0 Å². The molecule has 4 heteroatoms. The molecule has 1 aliphatic rings. The summed E-state index contributed by atoms with van der Waals surface area (Å²) in [5.41, 5.74) is 2.21. The Morgan fingerprint density at radius 2 is 1.90 bits per heavy atom. The molecule has 1 saturated heterocycles. The molecule has 3 nitrogen and oxygen atoms in total. The summed E-state index contributed by atoms with van der Waals surface area (Å²) >= 11 is 1.82. The van der Waals surface area contributed by atoms with Crippen molar-refractivity contribution in [1.29, 1.82) is 0 Å². The fourth-order valence-corrected chi connectivity index (χ4v) is 4.01. The van der Waals surface area contributed by atoms with E-state index >= 15 is 0 Å². The number of fused-ring (bicyclic) bond motifs is 3. The maximum absolute atomic E-state index is 5.87. The monoisotopic (exact) mass is 296 g/mol. The zero-order valence-electron chi connectivity index (χ0n) is 11.7. The van der Waals surface area contributed by atoms with Crippen LogP contribution in [0.3, 0.4) is 0 Å². The fraction of sp³-hybridized carbons (Fsp3) is 0.294. The Balaban J connectivity index is 1.85. The summed E-state index contributed by atoms with van der Waals surface area (Å²) in [6, 6.07) is 10.4. The van der Waals surface area contributed by atoms with E-state index < -0.39 is 0 Å². The smallest absolute Gasteiger partial charge is 0.107 e. The Kier molecular flexibility index (Phi) is 3.49. The Morgan fingerprint density at radius 1 is 1.05 bits per heavy atom. The van der Waals surface area contributed by atoms with Crippen molar-refractivity contribution in [3.8, 4) is 0 Å². The third-order valence-corrected chi connectivity index (χ3v) is 5.05. The first-order chi connectivity index (χ1) is 10.4. The summed E-state index contributed by atoms with van der Waals surface area (Å²) in [5, 5.41) is 2.31. The van der Waals surface area contributed by atoms with Crippen LogP contribution in [-0.2, 0) is 4.74 Å². The molecule has 0 saturated carbocycles. The van der Waals surface area contributed by atoms with Crippen molar-refractivity contribution >= 4 is 33.6 Å². The molecule has 1 aliphatic heterocycles. The molecular formula is C17H16N2OS. The van der Waals surface area contributed by atoms with Crippen LogP contribution in [0, 0.1) is 0 Å². The maximum Gasteiger partial charge on any atom is 0.107 e. The van der Waals surface area contributed by atoms with E-state index in [0.717, 1.165) is 29.4 Å². The molecule has 0 aliphatic carbocycles. The van der Waals surface area contributed by atoms with Gasteiger partial charge in [0, 0.05) is 34.7 Å². The van der Waals surface area contributed by atoms with Gasteiger partial charge < -0.3 is 4.74 Å². The van der Waals surface area contributed by atoms with E-state index in [9.17, 15) is 0 Å². The Labute approximate surface area is 127 Å². The van der Waals surface area contributed by atoms with Gasteiger partial charge in [-0.1, -0.05) is 23.9 Å². The molecule has 1 aromatic carbocycles. The first-order valence-corrected chi connectivity index (χ1v) is 8.20. The number of ether oxygens (including phenoxy) is 1. The molecular weight excluding hydrogens is 280 g/mol. The Hall–Kier alpha value is -1.65. The molecule has 1 fully saturated rings. The van der Waals surface area contributed by atoms with Crippen molar-refractivity contribution in [2.45, 2.75) is 29.6 Å². The van der Waals surface area contributed by atoms with Gasteiger partial charge in [0.25, 0.3) is 0 Å². The van der Waals surface area contributed by atoms with Gasteiger partial charge in [-0.3, -0.25) is 9.97 Å². The molecule has 0 N–H and O–H groups in total. The predicted octanol–water partition coefficient (Wildman–Crippen LogP) is 4.40. The van der Waals surface area contributed by atoms with Crippen molar-refractivity contribution < 1.29 is 4.74 Å². The molecule has 0 spiro atoms. The minimum atomic E-state index is 0.260. The highest BCUT2D eigenvalue weighted by atomic mass is 32.2. The van der Waals surface area contributed by atoms with Crippen LogP contribution in [-0.4, -0.2) is 22.0 Å². The van der Waals surface area contributed by atoms with Crippen molar-refractivity contribution in [3.63, 3.8) is 0 Å². The Bertz CT molecular complexity index is 784. The summed E-state index contributed by atoms with van der Waals surface area (Å²) in [6.45, 7) is 0.878. The van der Waals surface area contributed by atoms with E-state index in [1.165, 1.54) is 23.1 Å². The van der Waals surface area contributed by atoms with Crippen LogP contribution in [0.4, 0.5) is 0 Å². The fourth-order valence-electron chi connectivity index (χ4n) is 2.79. The molecule has 106 valence electrons. The van der Waals surface area contributed by atoms with Crippen LogP contribution in [0.5, 0.6) is 0 Å². The van der Waals surface area contributed by atoms with E-state index in [0.29, 0.717) is 0 Å². The minimum absolute atomic E-state index is 0.260. The van der Waals surface area contributed by atoms with E-state index in [1.54, 1.807) is 0 Å². The van der Waals surface area contributed by atoms with Crippen molar-refractivity contribution in [3.05, 3.63) is 42.7 Å². The highest BCUT2D eigenvalue weighted by molar-refractivity contribution is 8.00. The van der Waals surface area contributed by atoms with Gasteiger partial charge in [-0.05, 0) is 37.5 Å². The van der Waals surface area contributed by atoms with Gasteiger partial charge in [-0.25, -0.2) is 0 Å². The predicted molar refractivity (Wildman–Crippen MR) is 86.5 cm³/mol. The van der Waals surface area contributed by atoms with E-state index in [-0.39, 0.29) is 5.44 Å². The normalized spacial score (nSPS) is 19.1. The molecule has 1 atom stereocenters. The zero-order chi connectivity index (χ0) is 14.1. The average Bonchev–Trinajstić information content (AvgIpc) is 2.56. The van der Waals surface area contributed by atoms with Crippen LogP contribution < -0.4 is 0 Å². The first-order valence-electron chi connectivity index (χ1n) is 7.32. The van der Waals surface area contributed by atoms with E-state index in [2.05, 4.69) is 28.2 Å². The van der Waals surface area contributed by atoms with Crippen LogP contribution in [0.15, 0.2) is 47.6 Å². The zero-order valence-corrected chi connectivity index (χ0v) is 12.5. The molecule has 0 radical (unpaired) electrons. The highest BCUT2D eigenvalue weighted by Crippen LogP contribution is 2.37. The number of thioether (sulfide) groups is 1. The summed E-state index contributed by atoms with van der Waals surface area (Å²) in [7, 11) is 0. The van der Waals surface area contributed by atoms with Crippen molar-refractivity contribution in [1.82, 2.24) is 9.97 Å². The highest BCUT2D eigenvalue weighted by Gasteiger charge is 2.17. The second-order valence-electron chi connectivity index (χ2n) is 5.26. The van der Waals surface area contributed by atoms with Crippen LogP contribution >= 0.6 is 11.8 Å². The summed E-state index contributed by atoms with van der Waals surface area (Å²) in [4.78, 5) is 10.3. The maximum atomic E-state index is 5.87. The van der Waals surface area contributed by atoms with Gasteiger partial charge in [-0.15, -0.1) is 0 Å². The molecule has 3 aromatic rings. The van der Waals surface area contributed by atoms with E-state index in [1.807, 2.05) is 36.3 Å². The number of nitrogens with zero attached hydrogens (tertiary/aromatic N) is 2. The van der Waals surface area contributed by atoms with Crippen LogP contribution in [0.2, 0.25) is 0 Å². The number of rotatable bonds is 2. The van der Waals surface area contributed by atoms with Crippen molar-refractivity contribution in [2.75, 3.05) is 6.61 Å². The standard InChI is InChI=1S/C17H16N2OS/c1-2-10-20-15(7-1)21-14-11-12-5-3-8-18-16(12)17-13(14)6-4-9-19-17/h3-6,8-9,11,15H,1-2,7,10H2. The molecule has 3 heterocycles. The van der Waals surface area contributed by atoms with Gasteiger partial charge >= 0.3 is 0 Å². The van der Waals surface area contributed by atoms with Gasteiger partial charge in [0.1, 0.15) is 5.44 Å². The number of benzene rings is 1. The largest absolute Gasteiger partial charge is 0.367 e. The number of hydrogen-bond donors (Lipinski definition) is 0. The summed E-state index contributed by atoms with van der Waals surface area (Å²) in [6.07, 6.45) is 7.22. The molecule has 0 amide bonds. The van der Waals surface area contributed by atoms with Crippen molar-refractivity contribution in [2.24, 2.45) is 0 Å². The number of aromatic nitrogens is 2. The second-order valence-corrected chi connectivity index (χ2v) is 6.46. The third kappa shape index (κ3) is 2.49. The minimum Gasteiger partial charge on any atom is -0.367 e. The quantitative estimate of drug-likeness (QED) is 0.656. The summed E-state index contributed by atoms with van der Waals surface area (Å²) in [5.74, 6) is 0. The van der Waals surface area contributed by atoms with E-state index in [4.69, 9.17) is 4.74 Å². The molecule has 1 unspecified atom stereocenters.